The van der Waals surface area contributed by atoms with Crippen molar-refractivity contribution in [2.75, 3.05) is 19.6 Å². The van der Waals surface area contributed by atoms with E-state index in [1.165, 1.54) is 131 Å². The summed E-state index contributed by atoms with van der Waals surface area (Å²) in [6.07, 6.45) is 0. The van der Waals surface area contributed by atoms with Gasteiger partial charge in [0.2, 0.25) is 0 Å². The van der Waals surface area contributed by atoms with Crippen LogP contribution in [0.25, 0.3) is 229 Å². The molecule has 0 fully saturated rings. The fourth-order valence-corrected chi connectivity index (χ4v) is 23.8. The Bertz CT molecular complexity index is 10400. The van der Waals surface area contributed by atoms with Gasteiger partial charge >= 0.3 is 0 Å². The topological polar surface area (TPSA) is 74.3 Å². The molecule has 0 aliphatic heterocycles. The van der Waals surface area contributed by atoms with Crippen LogP contribution in [-0.2, 0) is 0 Å². The molecule has 32 aromatic rings. The Kier molecular flexibility index (Phi) is 17.8. The first-order chi connectivity index (χ1) is 72.3. The van der Waals surface area contributed by atoms with E-state index >= 15 is 0 Å². The number of rotatable bonds is 14. The second kappa shape index (κ2) is 31.9. The summed E-state index contributed by atoms with van der Waals surface area (Å²) in [5.41, 5.74) is 32.0. The Balaban J connectivity index is 0.000000133. The van der Waals surface area contributed by atoms with E-state index in [4.69, 9.17) is 17.7 Å². The third kappa shape index (κ3) is 12.7. The number of fused-ring (bicyclic) bond motifs is 28. The second-order valence-corrected chi connectivity index (χ2v) is 38.6. The summed E-state index contributed by atoms with van der Waals surface area (Å²) in [5.74, 6) is 0. The van der Waals surface area contributed by atoms with E-state index in [1.54, 1.807) is 0 Å². The lowest BCUT2D eigenvalue weighted by Gasteiger charge is -2.26. The van der Waals surface area contributed by atoms with Crippen LogP contribution >= 0.6 is 0 Å². The predicted octanol–water partition coefficient (Wildman–Crippen LogP) is 39.1. The van der Waals surface area contributed by atoms with Gasteiger partial charge in [0.25, 0.3) is 0 Å². The monoisotopic (exact) mass is 1860 g/mol. The molecule has 0 amide bonds. The molecule has 0 saturated carbocycles. The van der Waals surface area contributed by atoms with E-state index in [-0.39, 0.29) is 0 Å². The number of hydrogen-bond acceptors (Lipinski definition) is 8. The van der Waals surface area contributed by atoms with Gasteiger partial charge in [0, 0.05) is 132 Å². The normalized spacial score (nSPS) is 12.1. The summed E-state index contributed by atoms with van der Waals surface area (Å²) in [5, 5.41) is 28.2. The molecule has 0 spiro atoms. The third-order valence-corrected chi connectivity index (χ3v) is 30.3. The van der Waals surface area contributed by atoms with Crippen LogP contribution in [0.3, 0.4) is 0 Å². The van der Waals surface area contributed by atoms with Crippen LogP contribution < -0.4 is 19.6 Å². The quantitative estimate of drug-likeness (QED) is 0.107. The van der Waals surface area contributed by atoms with E-state index in [2.05, 4.69) is 489 Å². The maximum Gasteiger partial charge on any atom is 0.137 e. The molecule has 0 N–H and O–H groups in total. The Morgan fingerprint density at radius 2 is 0.390 bits per heavy atom. The molecule has 680 valence electrons. The molecular formula is C136H82N6O4. The Labute approximate surface area is 835 Å². The van der Waals surface area contributed by atoms with E-state index in [0.29, 0.717) is 0 Å². The molecule has 24 aromatic carbocycles. The first kappa shape index (κ1) is 81.2. The molecule has 0 saturated heterocycles. The van der Waals surface area contributed by atoms with Crippen LogP contribution in [-0.4, -0.2) is 8.80 Å². The van der Waals surface area contributed by atoms with Gasteiger partial charge < -0.3 is 46.1 Å². The van der Waals surface area contributed by atoms with Crippen molar-refractivity contribution < 1.29 is 17.7 Å². The summed E-state index contributed by atoms with van der Waals surface area (Å²) in [6.45, 7) is 0. The number of aromatic nitrogens is 2. The minimum Gasteiger partial charge on any atom is -0.456 e. The molecule has 146 heavy (non-hydrogen) atoms. The summed E-state index contributed by atoms with van der Waals surface area (Å²) in [6, 6.07) is 180. The zero-order valence-electron chi connectivity index (χ0n) is 78.7. The van der Waals surface area contributed by atoms with Crippen LogP contribution in [0.5, 0.6) is 0 Å². The van der Waals surface area contributed by atoms with Crippen molar-refractivity contribution in [1.29, 1.82) is 0 Å². The van der Waals surface area contributed by atoms with E-state index in [1.807, 2.05) is 36.4 Å². The van der Waals surface area contributed by atoms with E-state index in [0.717, 1.165) is 167 Å². The Morgan fingerprint density at radius 1 is 0.137 bits per heavy atom. The summed E-state index contributed by atoms with van der Waals surface area (Å²) >= 11 is 0. The number of benzene rings is 24. The number of nitrogens with zero attached hydrogens (tertiary/aromatic N) is 6. The molecule has 10 heteroatoms. The SMILES string of the molecule is c1ccc(-c2cc3c4cc5ccc(N(c6ccccc6)c6ccc7oc8ccccc8c7c6)cc5cc4n4c5cc6cc(N(c7ccccc7)c7ccc8oc9ccccc9c8c7)ccc6cc5c(c2)c34)cc1.c1ccc(-c2cc3c4cc5ccc(N(c6ccccc6)c6cccc7oc8ccccc8c67)cc5cc4n4c5cc6cc(N(c7ccccc7)c7cccc8oc9ccccc9c78)ccc6cc5c(c2)c34)cc1. The average Bonchev–Trinajstić information content (AvgIpc) is 1.53. The molecule has 0 atom stereocenters. The molecule has 0 unspecified atom stereocenters. The van der Waals surface area contributed by atoms with Crippen LogP contribution in [0.15, 0.2) is 515 Å². The van der Waals surface area contributed by atoms with Crippen molar-refractivity contribution in [2.24, 2.45) is 0 Å². The molecule has 0 radical (unpaired) electrons. The summed E-state index contributed by atoms with van der Waals surface area (Å²) in [4.78, 5) is 9.46. The van der Waals surface area contributed by atoms with Crippen molar-refractivity contribution in [3.8, 4) is 22.3 Å². The lowest BCUT2D eigenvalue weighted by Crippen LogP contribution is -2.10. The highest BCUT2D eigenvalue weighted by Gasteiger charge is 2.29. The highest BCUT2D eigenvalue weighted by molar-refractivity contribution is 6.30. The predicted molar refractivity (Wildman–Crippen MR) is 611 cm³/mol. The third-order valence-electron chi connectivity index (χ3n) is 30.3. The second-order valence-electron chi connectivity index (χ2n) is 38.6. The van der Waals surface area contributed by atoms with Gasteiger partial charge in [-0.1, -0.05) is 243 Å². The number of para-hydroxylation sites is 8. The van der Waals surface area contributed by atoms with Gasteiger partial charge in [0.05, 0.1) is 55.2 Å². The summed E-state index contributed by atoms with van der Waals surface area (Å²) < 4.78 is 30.5. The van der Waals surface area contributed by atoms with Crippen molar-refractivity contribution >= 4 is 275 Å². The fraction of sp³-hybridized carbons (Fsp3) is 0. The van der Waals surface area contributed by atoms with Gasteiger partial charge in [-0.05, 0) is 320 Å². The van der Waals surface area contributed by atoms with Gasteiger partial charge in [0.15, 0.2) is 0 Å². The highest BCUT2D eigenvalue weighted by atomic mass is 16.3. The van der Waals surface area contributed by atoms with Gasteiger partial charge in [-0.3, -0.25) is 0 Å². The minimum absolute atomic E-state index is 0.866. The van der Waals surface area contributed by atoms with Crippen molar-refractivity contribution in [1.82, 2.24) is 8.80 Å². The van der Waals surface area contributed by atoms with Crippen molar-refractivity contribution in [3.05, 3.63) is 497 Å². The van der Waals surface area contributed by atoms with Crippen LogP contribution in [0.1, 0.15) is 0 Å². The molecule has 0 bridgehead atoms. The lowest BCUT2D eigenvalue weighted by molar-refractivity contribution is 0.668. The van der Waals surface area contributed by atoms with Gasteiger partial charge in [0.1, 0.15) is 44.7 Å². The van der Waals surface area contributed by atoms with E-state index < -0.39 is 0 Å². The van der Waals surface area contributed by atoms with Crippen molar-refractivity contribution in [2.45, 2.75) is 0 Å². The zero-order chi connectivity index (χ0) is 95.5. The molecule has 8 heterocycles. The van der Waals surface area contributed by atoms with Crippen molar-refractivity contribution in [3.63, 3.8) is 0 Å². The largest absolute Gasteiger partial charge is 0.456 e. The lowest BCUT2D eigenvalue weighted by atomic mass is 9.97. The minimum atomic E-state index is 0.866. The van der Waals surface area contributed by atoms with Gasteiger partial charge in [-0.2, -0.15) is 0 Å². The number of hydrogen-bond donors (Lipinski definition) is 0. The molecule has 32 rings (SSSR count). The van der Waals surface area contributed by atoms with Gasteiger partial charge in [-0.25, -0.2) is 0 Å². The molecular weight excluding hydrogens is 1780 g/mol. The molecule has 0 aliphatic carbocycles. The van der Waals surface area contributed by atoms with Crippen LogP contribution in [0.2, 0.25) is 0 Å². The maximum atomic E-state index is 6.43. The van der Waals surface area contributed by atoms with Crippen LogP contribution in [0, 0.1) is 0 Å². The Morgan fingerprint density at radius 3 is 0.726 bits per heavy atom. The number of anilines is 12. The standard InChI is InChI=1S/2C68H41N3O2/c1-4-16-42(17-5-1)47-38-56-54-36-43-30-32-50(69(48-18-6-2-7-19-48)58-24-14-28-64-66(58)52-22-10-12-26-62(52)72-64)34-45(43)40-60(54)71-61-41-46-35-51(33-31-44(46)37-55(61)57(39-47)68(56)71)70(49-20-8-3-9-21-49)59-25-15-29-65-67(59)53-23-11-13-27-63(53)73-65;1-4-14-42(15-5-1)47-36-60-56-34-43-24-26-50(69(48-16-6-2-7-17-48)52-28-30-66-58(40-52)54-20-10-12-22-64(54)72-66)32-45(43)38-62(56)71-63-39-46-33-51(27-25-44(46)35-57(63)61(37-47)68(60)71)70(49-18-8-3-9-19-49)53-29-31-67-59(41-53)55-21-11-13-23-65(55)73-67/h2*1-41H. The average molecular weight is 1860 g/mol. The highest BCUT2D eigenvalue weighted by Crippen LogP contribution is 2.53. The number of furan rings is 4. The maximum absolute atomic E-state index is 6.43. The summed E-state index contributed by atoms with van der Waals surface area (Å²) in [7, 11) is 0. The fourth-order valence-electron chi connectivity index (χ4n) is 23.8. The molecule has 10 nitrogen and oxygen atoms in total. The molecule has 8 aromatic heterocycles. The molecule has 0 aliphatic rings. The zero-order valence-corrected chi connectivity index (χ0v) is 78.7. The first-order valence-electron chi connectivity index (χ1n) is 49.8. The van der Waals surface area contributed by atoms with E-state index in [9.17, 15) is 0 Å². The first-order valence-corrected chi connectivity index (χ1v) is 49.8. The van der Waals surface area contributed by atoms with Crippen LogP contribution in [0.4, 0.5) is 68.2 Å². The van der Waals surface area contributed by atoms with Gasteiger partial charge in [-0.15, -0.1) is 0 Å². The Hall–Kier alpha value is -19.7. The smallest absolute Gasteiger partial charge is 0.137 e.